The Balaban J connectivity index is 5.01. The molecular weight excluding hydrogens is 346 g/mol. The van der Waals surface area contributed by atoms with Crippen LogP contribution in [-0.4, -0.2) is 54.5 Å². The first-order chi connectivity index (χ1) is 11.6. The van der Waals surface area contributed by atoms with Crippen molar-refractivity contribution < 1.29 is 13.3 Å². The summed E-state index contributed by atoms with van der Waals surface area (Å²) in [7, 11) is -4.01. The molecule has 0 unspecified atom stereocenters. The second-order valence-electron chi connectivity index (χ2n) is 8.24. The van der Waals surface area contributed by atoms with Crippen LogP contribution in [0.2, 0.25) is 24.2 Å². The van der Waals surface area contributed by atoms with Crippen LogP contribution in [0, 0.1) is 0 Å². The lowest BCUT2D eigenvalue weighted by Crippen LogP contribution is -2.56. The third-order valence-electron chi connectivity index (χ3n) is 5.41. The number of hydrogen-bond acceptors (Lipinski definition) is 4. The van der Waals surface area contributed by atoms with E-state index in [1.165, 1.54) is 19.4 Å². The van der Waals surface area contributed by atoms with Gasteiger partial charge in [-0.1, -0.05) is 47.2 Å². The van der Waals surface area contributed by atoms with Crippen LogP contribution in [0.3, 0.4) is 0 Å². The number of rotatable bonds is 14. The van der Waals surface area contributed by atoms with Crippen molar-refractivity contribution in [1.29, 1.82) is 0 Å². The van der Waals surface area contributed by atoms with Crippen molar-refractivity contribution >= 4 is 17.0 Å². The van der Waals surface area contributed by atoms with Crippen molar-refractivity contribution in [3.05, 3.63) is 0 Å². The van der Waals surface area contributed by atoms with Crippen molar-refractivity contribution in [1.82, 2.24) is 4.57 Å². The highest BCUT2D eigenvalue weighted by Gasteiger charge is 2.42. The molecule has 0 spiro atoms. The molecule has 0 aromatic carbocycles. The van der Waals surface area contributed by atoms with Crippen LogP contribution in [0.15, 0.2) is 0 Å². The summed E-state index contributed by atoms with van der Waals surface area (Å²) < 4.78 is 20.8. The van der Waals surface area contributed by atoms with E-state index in [-0.39, 0.29) is 0 Å². The van der Waals surface area contributed by atoms with Gasteiger partial charge in [0.15, 0.2) is 0 Å². The minimum Gasteiger partial charge on any atom is -0.374 e. The zero-order valence-electron chi connectivity index (χ0n) is 18.5. The predicted molar refractivity (Wildman–Crippen MR) is 114 cm³/mol. The maximum atomic E-state index is 6.01. The van der Waals surface area contributed by atoms with E-state index in [1.54, 1.807) is 0 Å². The van der Waals surface area contributed by atoms with Crippen LogP contribution in [0.4, 0.5) is 0 Å². The van der Waals surface area contributed by atoms with E-state index in [4.69, 9.17) is 13.3 Å². The van der Waals surface area contributed by atoms with Gasteiger partial charge in [-0.05, 0) is 51.7 Å². The van der Waals surface area contributed by atoms with Crippen LogP contribution in [0.25, 0.3) is 0 Å². The van der Waals surface area contributed by atoms with Crippen LogP contribution in [0.1, 0.15) is 67.7 Å². The molecular formula is C19H45NO3Si2. The summed E-state index contributed by atoms with van der Waals surface area (Å²) in [4.78, 5) is 0. The molecule has 0 atom stereocenters. The summed E-state index contributed by atoms with van der Waals surface area (Å²) in [5.74, 6) is 0. The van der Waals surface area contributed by atoms with E-state index in [0.717, 1.165) is 19.0 Å². The Morgan fingerprint density at radius 3 is 1.56 bits per heavy atom. The smallest absolute Gasteiger partial charge is 0.374 e. The Morgan fingerprint density at radius 2 is 1.20 bits per heavy atom. The molecule has 4 nitrogen and oxygen atoms in total. The highest BCUT2D eigenvalue weighted by molar-refractivity contribution is 6.77. The predicted octanol–water partition coefficient (Wildman–Crippen LogP) is 5.53. The Bertz CT molecular complexity index is 329. The molecule has 0 aromatic rings. The molecule has 0 radical (unpaired) electrons. The van der Waals surface area contributed by atoms with Gasteiger partial charge < -0.3 is 17.8 Å². The molecule has 0 amide bonds. The summed E-state index contributed by atoms with van der Waals surface area (Å²) in [6.07, 6.45) is 3.61. The third-order valence-corrected chi connectivity index (χ3v) is 14.3. The standard InChI is InChI=1S/C19H45NO3Si2/c1-10-14-16-20(24(8,9)19(5,6)7)17-15-18-25(21-11-2,22-12-3)23-13-4/h10-18H2,1-9H3. The van der Waals surface area contributed by atoms with Crippen LogP contribution < -0.4 is 0 Å². The van der Waals surface area contributed by atoms with E-state index >= 15 is 0 Å². The first kappa shape index (κ1) is 25.3. The molecule has 0 aliphatic heterocycles. The normalized spacial score (nSPS) is 13.7. The fourth-order valence-electron chi connectivity index (χ4n) is 2.98. The SMILES string of the molecule is CCCCN(CCC[Si](OCC)(OCC)OCC)[Si](C)(C)C(C)(C)C. The lowest BCUT2D eigenvalue weighted by molar-refractivity contribution is 0.0704. The largest absolute Gasteiger partial charge is 0.500 e. The van der Waals surface area contributed by atoms with Crippen LogP contribution >= 0.6 is 0 Å². The van der Waals surface area contributed by atoms with Crippen molar-refractivity contribution in [2.45, 2.75) is 91.9 Å². The van der Waals surface area contributed by atoms with Crippen molar-refractivity contribution in [3.8, 4) is 0 Å². The Morgan fingerprint density at radius 1 is 0.760 bits per heavy atom. The monoisotopic (exact) mass is 391 g/mol. The highest BCUT2D eigenvalue weighted by atomic mass is 28.4. The van der Waals surface area contributed by atoms with E-state index in [0.29, 0.717) is 24.9 Å². The number of hydrogen-bond donors (Lipinski definition) is 0. The Kier molecular flexibility index (Phi) is 12.0. The van der Waals surface area contributed by atoms with Crippen molar-refractivity contribution in [3.63, 3.8) is 0 Å². The van der Waals surface area contributed by atoms with Gasteiger partial charge in [0.1, 0.15) is 8.24 Å². The molecule has 0 aliphatic carbocycles. The molecule has 0 fully saturated rings. The van der Waals surface area contributed by atoms with Gasteiger partial charge in [-0.3, -0.25) is 0 Å². The van der Waals surface area contributed by atoms with Gasteiger partial charge in [0.05, 0.1) is 0 Å². The molecule has 0 aliphatic rings. The lowest BCUT2D eigenvalue weighted by atomic mass is 10.2. The molecule has 0 rings (SSSR count). The zero-order valence-corrected chi connectivity index (χ0v) is 20.5. The van der Waals surface area contributed by atoms with E-state index in [2.05, 4.69) is 45.4 Å². The summed E-state index contributed by atoms with van der Waals surface area (Å²) in [6.45, 7) is 24.9. The molecule has 0 N–H and O–H groups in total. The number of nitrogens with zero attached hydrogens (tertiary/aromatic N) is 1. The van der Waals surface area contributed by atoms with E-state index in [1.807, 2.05) is 20.8 Å². The van der Waals surface area contributed by atoms with Gasteiger partial charge in [0, 0.05) is 25.9 Å². The molecule has 6 heteroatoms. The second kappa shape index (κ2) is 11.9. The summed E-state index contributed by atoms with van der Waals surface area (Å²) >= 11 is 0. The maximum absolute atomic E-state index is 6.01. The van der Waals surface area contributed by atoms with Gasteiger partial charge in [0.2, 0.25) is 0 Å². The van der Waals surface area contributed by atoms with Gasteiger partial charge in [-0.15, -0.1) is 0 Å². The van der Waals surface area contributed by atoms with Crippen LogP contribution in [0.5, 0.6) is 0 Å². The summed E-state index contributed by atoms with van der Waals surface area (Å²) in [5, 5.41) is 0.370. The fraction of sp³-hybridized carbons (Fsp3) is 1.00. The third kappa shape index (κ3) is 8.22. The quantitative estimate of drug-likeness (QED) is 0.364. The zero-order chi connectivity index (χ0) is 19.6. The maximum Gasteiger partial charge on any atom is 0.500 e. The minimum atomic E-state index is -2.51. The molecule has 0 heterocycles. The Labute approximate surface area is 160 Å². The molecule has 0 saturated carbocycles. The van der Waals surface area contributed by atoms with Crippen molar-refractivity contribution in [2.24, 2.45) is 0 Å². The second-order valence-corrected chi connectivity index (χ2v) is 16.2. The van der Waals surface area contributed by atoms with Crippen LogP contribution in [-0.2, 0) is 13.3 Å². The first-order valence-electron chi connectivity index (χ1n) is 10.3. The molecule has 25 heavy (non-hydrogen) atoms. The first-order valence-corrected chi connectivity index (χ1v) is 15.1. The number of unbranched alkanes of at least 4 members (excludes halogenated alkanes) is 1. The van der Waals surface area contributed by atoms with E-state index in [9.17, 15) is 0 Å². The topological polar surface area (TPSA) is 30.9 Å². The fourth-order valence-corrected chi connectivity index (χ4v) is 7.96. The minimum absolute atomic E-state index is 0.370. The van der Waals surface area contributed by atoms with Gasteiger partial charge >= 0.3 is 8.80 Å². The van der Waals surface area contributed by atoms with Crippen molar-refractivity contribution in [2.75, 3.05) is 32.9 Å². The van der Waals surface area contributed by atoms with Gasteiger partial charge in [-0.2, -0.15) is 0 Å². The average Bonchev–Trinajstić information content (AvgIpc) is 2.50. The van der Waals surface area contributed by atoms with E-state index < -0.39 is 17.0 Å². The lowest BCUT2D eigenvalue weighted by Gasteiger charge is -2.46. The average molecular weight is 392 g/mol. The highest BCUT2D eigenvalue weighted by Crippen LogP contribution is 2.38. The summed E-state index contributed by atoms with van der Waals surface area (Å²) in [5.41, 5.74) is 0. The molecule has 0 aromatic heterocycles. The summed E-state index contributed by atoms with van der Waals surface area (Å²) in [6, 6.07) is 0.916. The Hall–Kier alpha value is 0.274. The molecule has 0 saturated heterocycles. The molecule has 152 valence electrons. The van der Waals surface area contributed by atoms with Gasteiger partial charge in [0.25, 0.3) is 0 Å². The van der Waals surface area contributed by atoms with Gasteiger partial charge in [-0.25, -0.2) is 0 Å². The molecule has 0 bridgehead atoms.